The number of nitrogens with zero attached hydrogens (tertiary/aromatic N) is 2. The van der Waals surface area contributed by atoms with E-state index in [0.29, 0.717) is 25.5 Å². The lowest BCUT2D eigenvalue weighted by molar-refractivity contribution is -0.142. The van der Waals surface area contributed by atoms with Crippen LogP contribution in [0.2, 0.25) is 0 Å². The first kappa shape index (κ1) is 16.9. The molecule has 1 aromatic carbocycles. The Hall–Kier alpha value is -2.43. The summed E-state index contributed by atoms with van der Waals surface area (Å²) < 4.78 is 5.21. The summed E-state index contributed by atoms with van der Waals surface area (Å²) in [5.74, 6) is 0.313. The highest BCUT2D eigenvalue weighted by atomic mass is 16.5. The predicted molar refractivity (Wildman–Crippen MR) is 90.2 cm³/mol. The fraction of sp³-hybridized carbons (Fsp3) is 0.389. The van der Waals surface area contributed by atoms with E-state index in [9.17, 15) is 4.79 Å². The van der Waals surface area contributed by atoms with Crippen molar-refractivity contribution in [3.8, 4) is 0 Å². The number of carbonyl (C=O) groups excluding carboxylic acids is 1. The summed E-state index contributed by atoms with van der Waals surface area (Å²) in [6.07, 6.45) is 7.09. The Balaban J connectivity index is 1.66. The Kier molecular flexibility index (Phi) is 7.04. The molecule has 0 unspecified atom stereocenters. The molecular formula is C18H23N3O2. The number of hydrogen-bond acceptors (Lipinski definition) is 5. The standard InChI is InChI=1S/C18H23N3O2/c1-2-3-5-15-6-8-16(9-7-15)14-17(22)23-13-12-21-18-19-10-4-11-20-18/h4,6-11H,2-3,5,12-14H2,1H3,(H,19,20,21). The molecule has 0 aliphatic rings. The van der Waals surface area contributed by atoms with E-state index in [0.717, 1.165) is 12.0 Å². The molecule has 122 valence electrons. The summed E-state index contributed by atoms with van der Waals surface area (Å²) in [5, 5.41) is 2.99. The van der Waals surface area contributed by atoms with Crippen molar-refractivity contribution in [1.29, 1.82) is 0 Å². The van der Waals surface area contributed by atoms with Gasteiger partial charge in [0.1, 0.15) is 6.61 Å². The van der Waals surface area contributed by atoms with Gasteiger partial charge in [-0.1, -0.05) is 37.6 Å². The van der Waals surface area contributed by atoms with Crippen LogP contribution in [-0.2, 0) is 22.4 Å². The smallest absolute Gasteiger partial charge is 0.310 e. The van der Waals surface area contributed by atoms with Crippen molar-refractivity contribution in [1.82, 2.24) is 9.97 Å². The molecule has 23 heavy (non-hydrogen) atoms. The van der Waals surface area contributed by atoms with Gasteiger partial charge in [0.15, 0.2) is 0 Å². The van der Waals surface area contributed by atoms with Crippen LogP contribution >= 0.6 is 0 Å². The third-order valence-corrected chi connectivity index (χ3v) is 3.40. The molecule has 0 saturated carbocycles. The van der Waals surface area contributed by atoms with Gasteiger partial charge in [-0.2, -0.15) is 0 Å². The van der Waals surface area contributed by atoms with Crippen molar-refractivity contribution >= 4 is 11.9 Å². The van der Waals surface area contributed by atoms with E-state index < -0.39 is 0 Å². The van der Waals surface area contributed by atoms with Gasteiger partial charge in [0.2, 0.25) is 5.95 Å². The van der Waals surface area contributed by atoms with E-state index in [2.05, 4.69) is 34.3 Å². The fourth-order valence-electron chi connectivity index (χ4n) is 2.14. The molecule has 1 heterocycles. The van der Waals surface area contributed by atoms with Gasteiger partial charge >= 0.3 is 5.97 Å². The molecule has 0 fully saturated rings. The van der Waals surface area contributed by atoms with Gasteiger partial charge in [-0.05, 0) is 30.0 Å². The Bertz CT molecular complexity index is 585. The van der Waals surface area contributed by atoms with Gasteiger partial charge in [0, 0.05) is 12.4 Å². The van der Waals surface area contributed by atoms with E-state index in [1.165, 1.54) is 18.4 Å². The number of esters is 1. The Morgan fingerprint density at radius 1 is 1.13 bits per heavy atom. The number of carbonyl (C=O) groups is 1. The molecule has 0 radical (unpaired) electrons. The van der Waals surface area contributed by atoms with Crippen LogP contribution < -0.4 is 5.32 Å². The zero-order chi connectivity index (χ0) is 16.3. The summed E-state index contributed by atoms with van der Waals surface area (Å²) in [6.45, 7) is 2.97. The average Bonchev–Trinajstić information content (AvgIpc) is 2.59. The largest absolute Gasteiger partial charge is 0.464 e. The lowest BCUT2D eigenvalue weighted by atomic mass is 10.1. The van der Waals surface area contributed by atoms with Crippen molar-refractivity contribution < 1.29 is 9.53 Å². The van der Waals surface area contributed by atoms with Gasteiger partial charge in [0.25, 0.3) is 0 Å². The van der Waals surface area contributed by atoms with Gasteiger partial charge in [-0.25, -0.2) is 9.97 Å². The molecule has 0 saturated heterocycles. The van der Waals surface area contributed by atoms with Crippen LogP contribution in [0.5, 0.6) is 0 Å². The quantitative estimate of drug-likeness (QED) is 0.569. The lowest BCUT2D eigenvalue weighted by Gasteiger charge is -2.07. The first-order valence-electron chi connectivity index (χ1n) is 8.02. The minimum Gasteiger partial charge on any atom is -0.464 e. The van der Waals surface area contributed by atoms with Crippen molar-refractivity contribution in [2.45, 2.75) is 32.6 Å². The molecule has 0 atom stereocenters. The molecule has 1 aromatic heterocycles. The first-order chi connectivity index (χ1) is 11.3. The van der Waals surface area contributed by atoms with E-state index in [4.69, 9.17) is 4.74 Å². The molecule has 1 N–H and O–H groups in total. The summed E-state index contributed by atoms with van der Waals surface area (Å²) in [5.41, 5.74) is 2.30. The third-order valence-electron chi connectivity index (χ3n) is 3.40. The van der Waals surface area contributed by atoms with Crippen molar-refractivity contribution in [3.63, 3.8) is 0 Å². The molecule has 2 aromatic rings. The maximum absolute atomic E-state index is 11.8. The zero-order valence-corrected chi connectivity index (χ0v) is 13.5. The number of aryl methyl sites for hydroxylation is 1. The van der Waals surface area contributed by atoms with Crippen molar-refractivity contribution in [2.75, 3.05) is 18.5 Å². The Morgan fingerprint density at radius 3 is 2.52 bits per heavy atom. The van der Waals surface area contributed by atoms with Gasteiger partial charge in [-0.15, -0.1) is 0 Å². The van der Waals surface area contributed by atoms with Crippen molar-refractivity contribution in [2.24, 2.45) is 0 Å². The number of hydrogen-bond donors (Lipinski definition) is 1. The highest BCUT2D eigenvalue weighted by molar-refractivity contribution is 5.72. The molecule has 5 nitrogen and oxygen atoms in total. The SMILES string of the molecule is CCCCc1ccc(CC(=O)OCCNc2ncccn2)cc1. The number of benzene rings is 1. The molecule has 5 heteroatoms. The molecule has 0 aliphatic carbocycles. The minimum absolute atomic E-state index is 0.220. The topological polar surface area (TPSA) is 64.1 Å². The predicted octanol–water partition coefficient (Wildman–Crippen LogP) is 3.02. The second kappa shape index (κ2) is 9.56. The van der Waals surface area contributed by atoms with Gasteiger partial charge in [-0.3, -0.25) is 4.79 Å². The Morgan fingerprint density at radius 2 is 1.83 bits per heavy atom. The molecule has 0 bridgehead atoms. The second-order valence-corrected chi connectivity index (χ2v) is 5.32. The van der Waals surface area contributed by atoms with Crippen LogP contribution in [0.15, 0.2) is 42.7 Å². The van der Waals surface area contributed by atoms with E-state index in [-0.39, 0.29) is 5.97 Å². The lowest BCUT2D eigenvalue weighted by Crippen LogP contribution is -2.16. The average molecular weight is 313 g/mol. The maximum Gasteiger partial charge on any atom is 0.310 e. The number of nitrogens with one attached hydrogen (secondary N) is 1. The number of rotatable bonds is 9. The van der Waals surface area contributed by atoms with Crippen LogP contribution in [0.25, 0.3) is 0 Å². The van der Waals surface area contributed by atoms with E-state index in [1.807, 2.05) is 12.1 Å². The number of unbranched alkanes of at least 4 members (excludes halogenated alkanes) is 1. The minimum atomic E-state index is -0.220. The Labute approximate surface area is 137 Å². The summed E-state index contributed by atoms with van der Waals surface area (Å²) in [4.78, 5) is 19.9. The third kappa shape index (κ3) is 6.46. The van der Waals surface area contributed by atoms with Gasteiger partial charge in [0.05, 0.1) is 13.0 Å². The van der Waals surface area contributed by atoms with Crippen LogP contribution in [0, 0.1) is 0 Å². The van der Waals surface area contributed by atoms with Gasteiger partial charge < -0.3 is 10.1 Å². The fourth-order valence-corrected chi connectivity index (χ4v) is 2.14. The summed E-state index contributed by atoms with van der Waals surface area (Å²) in [6, 6.07) is 9.93. The molecule has 2 rings (SSSR count). The van der Waals surface area contributed by atoms with Crippen molar-refractivity contribution in [3.05, 3.63) is 53.9 Å². The number of ether oxygens (including phenoxy) is 1. The van der Waals surface area contributed by atoms with Crippen LogP contribution in [0.4, 0.5) is 5.95 Å². The molecule has 0 spiro atoms. The van der Waals surface area contributed by atoms with Crippen LogP contribution in [-0.4, -0.2) is 29.1 Å². The van der Waals surface area contributed by atoms with E-state index in [1.54, 1.807) is 18.5 Å². The van der Waals surface area contributed by atoms with E-state index >= 15 is 0 Å². The maximum atomic E-state index is 11.8. The molecular weight excluding hydrogens is 290 g/mol. The number of anilines is 1. The summed E-state index contributed by atoms with van der Waals surface area (Å²) in [7, 11) is 0. The highest BCUT2D eigenvalue weighted by Crippen LogP contribution is 2.09. The highest BCUT2D eigenvalue weighted by Gasteiger charge is 2.05. The molecule has 0 amide bonds. The molecule has 0 aliphatic heterocycles. The first-order valence-corrected chi connectivity index (χ1v) is 8.02. The normalized spacial score (nSPS) is 10.3. The van der Waals surface area contributed by atoms with Crippen LogP contribution in [0.3, 0.4) is 0 Å². The summed E-state index contributed by atoms with van der Waals surface area (Å²) >= 11 is 0. The van der Waals surface area contributed by atoms with Crippen LogP contribution in [0.1, 0.15) is 30.9 Å². The number of aromatic nitrogens is 2. The monoisotopic (exact) mass is 313 g/mol. The zero-order valence-electron chi connectivity index (χ0n) is 13.5. The second-order valence-electron chi connectivity index (χ2n) is 5.32.